The predicted octanol–water partition coefficient (Wildman–Crippen LogP) is 5.03. The lowest BCUT2D eigenvalue weighted by Crippen LogP contribution is -2.50. The molecule has 5 fully saturated rings. The van der Waals surface area contributed by atoms with Crippen LogP contribution in [0.1, 0.15) is 95.3 Å². The van der Waals surface area contributed by atoms with Crippen LogP contribution < -0.4 is 21.3 Å². The molecule has 0 unspecified atom stereocenters. The second-order valence-electron chi connectivity index (χ2n) is 20.1. The molecule has 5 aromatic rings. The van der Waals surface area contributed by atoms with Gasteiger partial charge in [0.25, 0.3) is 5.91 Å². The van der Waals surface area contributed by atoms with Gasteiger partial charge in [-0.2, -0.15) is 5.10 Å². The second-order valence-corrected chi connectivity index (χ2v) is 20.1. The van der Waals surface area contributed by atoms with E-state index in [1.165, 1.54) is 18.5 Å². The maximum absolute atomic E-state index is 15.3. The standard InChI is InChI=1S/C48H58F2N14O6/c1-48(2,3)64-45-38(43(51)54-26-55-45)39(58-64)40-37(42(70-59-40)29-4-5-29)44-52-22-30(23-53-44)28-10-14-63(15-11-28)47(68)69-25-36(66)61-12-8-27(9-13-61)24-60-16-18-62(19-17-60)41-32(49)20-31(21-33(41)50)56-34-6-7-35(65)57-46(34)67/h20-23,26-29,34,56H,4-19,24-25H2,1-3H3,(H2,51,54,55)(H,57,65,67)/t34-/m1/s1. The molecule has 20 nitrogen and oxygen atoms in total. The fourth-order valence-corrected chi connectivity index (χ4v) is 10.2. The largest absolute Gasteiger partial charge is 0.439 e. The molecule has 4 N–H and O–H groups in total. The Morgan fingerprint density at radius 2 is 1.54 bits per heavy atom. The van der Waals surface area contributed by atoms with Gasteiger partial charge >= 0.3 is 6.09 Å². The van der Waals surface area contributed by atoms with Crippen molar-refractivity contribution in [2.45, 2.75) is 95.6 Å². The Morgan fingerprint density at radius 1 is 0.857 bits per heavy atom. The van der Waals surface area contributed by atoms with Crippen molar-refractivity contribution in [3.05, 3.63) is 53.8 Å². The highest BCUT2D eigenvalue weighted by Gasteiger charge is 2.37. The maximum Gasteiger partial charge on any atom is 0.410 e. The third-order valence-corrected chi connectivity index (χ3v) is 14.2. The van der Waals surface area contributed by atoms with Crippen LogP contribution in [0.4, 0.5) is 30.8 Å². The molecule has 4 aromatic heterocycles. The SMILES string of the molecule is CC(C)(C)n1nc(-c2noc(C3CC3)c2-c2ncc(C3CCN(C(=O)OCC(=O)N4CCC(CN5CCN(c6c(F)cc(N[C@@H]7CCC(=O)NC7=O)cc6F)CC5)CC4)CC3)cn2)c2c(N)ncnc21. The number of carbonyl (C=O) groups is 4. The smallest absolute Gasteiger partial charge is 0.410 e. The number of benzene rings is 1. The monoisotopic (exact) mass is 964 g/mol. The van der Waals surface area contributed by atoms with E-state index in [0.717, 1.165) is 43.6 Å². The van der Waals surface area contributed by atoms with Crippen LogP contribution in [0.15, 0.2) is 35.4 Å². The number of likely N-dealkylation sites (tertiary alicyclic amines) is 2. The van der Waals surface area contributed by atoms with Crippen LogP contribution in [0.3, 0.4) is 0 Å². The van der Waals surface area contributed by atoms with E-state index in [1.807, 2.05) is 37.8 Å². The highest BCUT2D eigenvalue weighted by Crippen LogP contribution is 2.48. The first-order valence-corrected chi connectivity index (χ1v) is 24.3. The summed E-state index contributed by atoms with van der Waals surface area (Å²) in [5.41, 5.74) is 9.30. The number of imide groups is 1. The third kappa shape index (κ3) is 9.69. The summed E-state index contributed by atoms with van der Waals surface area (Å²) >= 11 is 0. The van der Waals surface area contributed by atoms with E-state index in [1.54, 1.807) is 14.7 Å². The molecule has 22 heteroatoms. The lowest BCUT2D eigenvalue weighted by Gasteiger charge is -2.39. The number of anilines is 3. The van der Waals surface area contributed by atoms with Gasteiger partial charge in [0.15, 0.2) is 35.5 Å². The van der Waals surface area contributed by atoms with E-state index in [2.05, 4.69) is 30.7 Å². The van der Waals surface area contributed by atoms with Crippen molar-refractivity contribution >= 4 is 52.0 Å². The summed E-state index contributed by atoms with van der Waals surface area (Å²) in [7, 11) is 0. The number of halogens is 2. The number of amides is 4. The Morgan fingerprint density at radius 3 is 2.20 bits per heavy atom. The highest BCUT2D eigenvalue weighted by molar-refractivity contribution is 6.02. The van der Waals surface area contributed by atoms with Crippen LogP contribution in [0, 0.1) is 17.6 Å². The summed E-state index contributed by atoms with van der Waals surface area (Å²) in [6.07, 6.45) is 9.91. The Hall–Kier alpha value is -6.84. The van der Waals surface area contributed by atoms with Gasteiger partial charge in [-0.1, -0.05) is 5.16 Å². The van der Waals surface area contributed by atoms with Crippen molar-refractivity contribution < 1.29 is 37.2 Å². The first kappa shape index (κ1) is 46.9. The van der Waals surface area contributed by atoms with Crippen molar-refractivity contribution in [2.75, 3.05) is 81.5 Å². The van der Waals surface area contributed by atoms with Crippen LogP contribution in [-0.2, 0) is 24.7 Å². The average molecular weight is 965 g/mol. The quantitative estimate of drug-likeness (QED) is 0.147. The molecule has 4 saturated heterocycles. The van der Waals surface area contributed by atoms with Crippen LogP contribution in [0.2, 0.25) is 0 Å². The van der Waals surface area contributed by atoms with Crippen LogP contribution in [-0.4, -0.2) is 145 Å². The fraction of sp³-hybridized carbons (Fsp3) is 0.542. The summed E-state index contributed by atoms with van der Waals surface area (Å²) in [6.45, 7) is 10.8. The molecule has 70 heavy (non-hydrogen) atoms. The molecule has 10 rings (SSSR count). The van der Waals surface area contributed by atoms with Crippen molar-refractivity contribution in [1.29, 1.82) is 0 Å². The van der Waals surface area contributed by atoms with Gasteiger partial charge in [0.1, 0.15) is 35.3 Å². The van der Waals surface area contributed by atoms with Gasteiger partial charge in [0.2, 0.25) is 11.8 Å². The van der Waals surface area contributed by atoms with Crippen LogP contribution >= 0.6 is 0 Å². The van der Waals surface area contributed by atoms with E-state index in [4.69, 9.17) is 30.1 Å². The van der Waals surface area contributed by atoms with Gasteiger partial charge in [-0.05, 0) is 95.2 Å². The first-order chi connectivity index (χ1) is 33.7. The van der Waals surface area contributed by atoms with Crippen LogP contribution in [0.5, 0.6) is 0 Å². The van der Waals surface area contributed by atoms with E-state index in [-0.39, 0.29) is 54.5 Å². The molecule has 5 aliphatic rings. The number of rotatable bonds is 11. The van der Waals surface area contributed by atoms with E-state index >= 15 is 8.78 Å². The average Bonchev–Trinajstić information content (AvgIpc) is 3.96. The minimum absolute atomic E-state index is 0.0940. The number of nitrogens with two attached hydrogens (primary N) is 1. The number of ether oxygens (including phenoxy) is 1. The summed E-state index contributed by atoms with van der Waals surface area (Å²) in [6, 6.07) is 1.63. The molecule has 1 atom stereocenters. The topological polar surface area (TPSA) is 236 Å². The zero-order valence-corrected chi connectivity index (χ0v) is 39.6. The van der Waals surface area contributed by atoms with E-state index in [0.29, 0.717) is 111 Å². The minimum atomic E-state index is -0.745. The predicted molar refractivity (Wildman–Crippen MR) is 252 cm³/mol. The number of piperidine rings is 3. The molecular formula is C48H58F2N14O6. The zero-order chi connectivity index (χ0) is 48.8. The number of nitrogens with zero attached hydrogens (tertiary/aromatic N) is 11. The molecule has 1 aromatic carbocycles. The number of aromatic nitrogens is 7. The van der Waals surface area contributed by atoms with E-state index < -0.39 is 35.2 Å². The zero-order valence-electron chi connectivity index (χ0n) is 39.6. The Balaban J connectivity index is 0.666. The van der Waals surface area contributed by atoms with Crippen LogP contribution in [0.25, 0.3) is 33.8 Å². The molecular weight excluding hydrogens is 907 g/mol. The van der Waals surface area contributed by atoms with Crippen molar-refractivity contribution in [3.63, 3.8) is 0 Å². The third-order valence-electron chi connectivity index (χ3n) is 14.2. The summed E-state index contributed by atoms with van der Waals surface area (Å²) < 4.78 is 43.8. The minimum Gasteiger partial charge on any atom is -0.439 e. The summed E-state index contributed by atoms with van der Waals surface area (Å²) in [4.78, 5) is 75.7. The van der Waals surface area contributed by atoms with Gasteiger partial charge in [0.05, 0.1) is 16.5 Å². The maximum atomic E-state index is 15.3. The molecule has 4 amide bonds. The van der Waals surface area contributed by atoms with Crippen molar-refractivity contribution in [3.8, 4) is 22.8 Å². The molecule has 1 saturated carbocycles. The molecule has 0 bridgehead atoms. The Bertz CT molecular complexity index is 2760. The molecule has 4 aliphatic heterocycles. The summed E-state index contributed by atoms with van der Waals surface area (Å²) in [5, 5.41) is 15.1. The molecule has 1 aliphatic carbocycles. The number of hydrogen-bond acceptors (Lipinski definition) is 16. The molecule has 370 valence electrons. The Kier molecular flexibility index (Phi) is 12.8. The van der Waals surface area contributed by atoms with Gasteiger partial charge in [0, 0.05) is 89.3 Å². The van der Waals surface area contributed by atoms with Gasteiger partial charge in [-0.15, -0.1) is 0 Å². The fourth-order valence-electron chi connectivity index (χ4n) is 10.2. The number of piperazine rings is 1. The molecule has 8 heterocycles. The van der Waals surface area contributed by atoms with Crippen molar-refractivity contribution in [1.82, 2.24) is 54.9 Å². The normalized spacial score (nSPS) is 20.0. The van der Waals surface area contributed by atoms with Crippen molar-refractivity contribution in [2.24, 2.45) is 5.92 Å². The number of nitrogen functional groups attached to an aromatic ring is 1. The molecule has 0 spiro atoms. The van der Waals surface area contributed by atoms with Gasteiger partial charge in [-0.25, -0.2) is 38.2 Å². The number of carbonyl (C=O) groups excluding carboxylic acids is 4. The van der Waals surface area contributed by atoms with Gasteiger partial charge in [-0.3, -0.25) is 24.6 Å². The van der Waals surface area contributed by atoms with Gasteiger partial charge < -0.3 is 35.0 Å². The highest BCUT2D eigenvalue weighted by atomic mass is 19.1. The Labute approximate surface area is 402 Å². The number of fused-ring (bicyclic) bond motifs is 1. The lowest BCUT2D eigenvalue weighted by atomic mass is 9.91. The second kappa shape index (κ2) is 19.2. The lowest BCUT2D eigenvalue weighted by molar-refractivity contribution is -0.136. The number of nitrogens with one attached hydrogen (secondary N) is 2. The van der Waals surface area contributed by atoms with E-state index in [9.17, 15) is 19.2 Å². The molecule has 0 radical (unpaired) electrons. The summed E-state index contributed by atoms with van der Waals surface area (Å²) in [5.74, 6) is -0.354. The number of hydrogen-bond donors (Lipinski definition) is 3. The first-order valence-electron chi connectivity index (χ1n) is 24.3.